The number of hydrogen-bond donors (Lipinski definition) is 3. The normalized spacial score (nSPS) is 16.5. The Morgan fingerprint density at radius 2 is 1.17 bits per heavy atom. The van der Waals surface area contributed by atoms with Crippen LogP contribution in [0.4, 0.5) is 17.1 Å². The van der Waals surface area contributed by atoms with Crippen LogP contribution in [0, 0.1) is 0 Å². The molecule has 48 heavy (non-hydrogen) atoms. The smallest absolute Gasteiger partial charge is 0.120 e. The van der Waals surface area contributed by atoms with Crippen LogP contribution in [0.2, 0.25) is 0 Å². The van der Waals surface area contributed by atoms with Gasteiger partial charge in [0.1, 0.15) is 11.5 Å². The Kier molecular flexibility index (Phi) is 17.5. The first-order valence-corrected chi connectivity index (χ1v) is 16.1. The van der Waals surface area contributed by atoms with E-state index in [-0.39, 0.29) is 115 Å². The molecule has 8 heteroatoms. The summed E-state index contributed by atoms with van der Waals surface area (Å²) >= 11 is 0. The molecule has 0 spiro atoms. The first-order valence-electron chi connectivity index (χ1n) is 16.1. The molecule has 0 saturated heterocycles. The Bertz CT molecular complexity index is 1660. The van der Waals surface area contributed by atoms with Gasteiger partial charge in [-0.3, -0.25) is 0 Å². The number of phenolic OH excluding ortho intramolecular Hbond substituents is 1. The molecule has 3 aliphatic heterocycles. The van der Waals surface area contributed by atoms with Gasteiger partial charge in [0.05, 0.1) is 17.7 Å². The molecule has 0 atom stereocenters. The number of hydrogen-bond acceptors (Lipinski definition) is 4. The van der Waals surface area contributed by atoms with Crippen molar-refractivity contribution in [2.45, 2.75) is 99.2 Å². The minimum Gasteiger partial charge on any atom is -0.676 e. The van der Waals surface area contributed by atoms with E-state index >= 15 is 0 Å². The summed E-state index contributed by atoms with van der Waals surface area (Å²) in [5, 5.41) is 21.0. The monoisotopic (exact) mass is 873 g/mol. The molecule has 5 nitrogen and oxygen atoms in total. The average molecular weight is 874 g/mol. The van der Waals surface area contributed by atoms with Gasteiger partial charge in [0.15, 0.2) is 0 Å². The van der Waals surface area contributed by atoms with Crippen LogP contribution >= 0.6 is 0 Å². The molecule has 3 N–H and O–H groups in total. The van der Waals surface area contributed by atoms with Crippen LogP contribution in [0.1, 0.15) is 98.4 Å². The van der Waals surface area contributed by atoms with Crippen molar-refractivity contribution in [1.29, 1.82) is 0 Å². The summed E-state index contributed by atoms with van der Waals surface area (Å²) in [6.07, 6.45) is 7.76. The second kappa shape index (κ2) is 18.6. The van der Waals surface area contributed by atoms with E-state index in [9.17, 15) is 5.11 Å². The molecule has 3 aliphatic rings. The van der Waals surface area contributed by atoms with Gasteiger partial charge in [-0.15, -0.1) is 5.69 Å². The summed E-state index contributed by atoms with van der Waals surface area (Å²) in [6.45, 7) is 24.2. The summed E-state index contributed by atoms with van der Waals surface area (Å²) in [5.74, 6) is 1.26. The van der Waals surface area contributed by atoms with E-state index < -0.39 is 0 Å². The summed E-state index contributed by atoms with van der Waals surface area (Å²) in [6, 6.07) is 18.2. The largest absolute Gasteiger partial charge is 0.676 e. The van der Waals surface area contributed by atoms with Crippen molar-refractivity contribution in [1.82, 2.24) is 0 Å². The fourth-order valence-electron chi connectivity index (χ4n) is 6.35. The fourth-order valence-corrected chi connectivity index (χ4v) is 6.35. The van der Waals surface area contributed by atoms with Gasteiger partial charge < -0.3 is 25.8 Å². The molecule has 0 fully saturated rings. The van der Waals surface area contributed by atoms with Crippen molar-refractivity contribution >= 4 is 33.8 Å². The van der Waals surface area contributed by atoms with Crippen LogP contribution in [0.5, 0.6) is 11.5 Å². The Labute approximate surface area is 365 Å². The van der Waals surface area contributed by atoms with Crippen molar-refractivity contribution in [3.05, 3.63) is 100 Å². The zero-order valence-electron chi connectivity index (χ0n) is 30.9. The topological polar surface area (TPSA) is 67.6 Å². The first-order chi connectivity index (χ1) is 21.0. The molecule has 3 aromatic rings. The Hall–Kier alpha value is -0.808. The number of nitrogens with zero attached hydrogens (tertiary/aromatic N) is 1. The fraction of sp³-hybridized carbons (Fsp3) is 0.400. The molecule has 0 amide bonds. The van der Waals surface area contributed by atoms with E-state index in [1.54, 1.807) is 12.1 Å². The molecular weight excluding hydrogens is 821 g/mol. The number of benzene rings is 3. The van der Waals surface area contributed by atoms with E-state index in [0.29, 0.717) is 12.4 Å². The van der Waals surface area contributed by atoms with E-state index in [1.165, 1.54) is 39.1 Å². The molecule has 3 radical (unpaired) electrons. The van der Waals surface area contributed by atoms with Crippen molar-refractivity contribution in [2.24, 2.45) is 0 Å². The number of ether oxygens (including phenoxy) is 1. The van der Waals surface area contributed by atoms with Crippen molar-refractivity contribution in [3.63, 3.8) is 0 Å². The quantitative estimate of drug-likeness (QED) is 0.229. The Balaban J connectivity index is 0.000000350. The van der Waals surface area contributed by atoms with E-state index in [1.807, 2.05) is 19.1 Å². The molecule has 0 bridgehead atoms. The third-order valence-corrected chi connectivity index (χ3v) is 8.10. The summed E-state index contributed by atoms with van der Waals surface area (Å²) in [4.78, 5) is 0. The molecular formula is C40H52N3O2Y3-. The molecule has 0 aromatic heterocycles. The summed E-state index contributed by atoms with van der Waals surface area (Å²) in [5.41, 5.74) is 12.3. The predicted molar refractivity (Wildman–Crippen MR) is 195 cm³/mol. The molecule has 0 aliphatic carbocycles. The zero-order chi connectivity index (χ0) is 33.2. The molecule has 3 heterocycles. The van der Waals surface area contributed by atoms with Gasteiger partial charge in [-0.05, 0) is 120 Å². The first kappa shape index (κ1) is 45.2. The van der Waals surface area contributed by atoms with Crippen molar-refractivity contribution < 1.29 is 108 Å². The maximum Gasteiger partial charge on any atom is 0.120 e. The minimum absolute atomic E-state index is 0. The van der Waals surface area contributed by atoms with Crippen LogP contribution in [-0.2, 0) is 105 Å². The molecule has 249 valence electrons. The van der Waals surface area contributed by atoms with E-state index in [2.05, 4.69) is 128 Å². The Morgan fingerprint density at radius 1 is 0.646 bits per heavy atom. The number of nitrogens with one attached hydrogen (secondary N) is 2. The van der Waals surface area contributed by atoms with Crippen LogP contribution < -0.4 is 15.4 Å². The van der Waals surface area contributed by atoms with Gasteiger partial charge in [-0.25, -0.2) is 0 Å². The van der Waals surface area contributed by atoms with Crippen molar-refractivity contribution in [3.8, 4) is 11.5 Å². The van der Waals surface area contributed by atoms with Gasteiger partial charge in [0.25, 0.3) is 0 Å². The van der Waals surface area contributed by atoms with E-state index in [0.717, 1.165) is 29.1 Å². The maximum atomic E-state index is 9.38. The number of fused-ring (bicyclic) bond motifs is 3. The SMILES string of the molecule is CC1=CC(C)(C)Nc2ccc(O)cc21.CCOc1ccc2c(c1)C(C)=CC(C)(C)N2.CCc1ccc2c(c1)C(C)=CC(C)(C)[N-]2.[Y].[Y].[Y]. The molecule has 0 saturated carbocycles. The number of anilines is 2. The zero-order valence-corrected chi connectivity index (χ0v) is 39.4. The van der Waals surface area contributed by atoms with Gasteiger partial charge in [0.2, 0.25) is 0 Å². The minimum atomic E-state index is -0.0508. The van der Waals surface area contributed by atoms with Gasteiger partial charge in [-0.2, -0.15) is 0 Å². The van der Waals surface area contributed by atoms with E-state index in [4.69, 9.17) is 10.1 Å². The Morgan fingerprint density at radius 3 is 1.71 bits per heavy atom. The standard InChI is InChI=1S/C14H19NO.C14H18N.C12H15NO.3Y/c1-5-16-11-6-7-13-12(8-11)10(2)9-14(3,4)15-13;1-5-11-6-7-13-12(8-11)10(2)9-14(3,4)15-13;1-8-7-12(2,3)13-11-5-4-9(14)6-10(8)11;;;/h6-9,15H,5H2,1-4H3;6-9H,5H2,1-4H3;4-7,13-14H,1-3H3;;;/q;-1;;;;. The van der Waals surface area contributed by atoms with Gasteiger partial charge in [-0.1, -0.05) is 68.3 Å². The van der Waals surface area contributed by atoms with Crippen LogP contribution in [0.3, 0.4) is 0 Å². The molecule has 6 rings (SSSR count). The number of rotatable bonds is 3. The number of phenols is 1. The predicted octanol–water partition coefficient (Wildman–Crippen LogP) is 11.1. The maximum absolute atomic E-state index is 9.38. The van der Waals surface area contributed by atoms with Gasteiger partial charge >= 0.3 is 0 Å². The summed E-state index contributed by atoms with van der Waals surface area (Å²) in [7, 11) is 0. The van der Waals surface area contributed by atoms with Gasteiger partial charge in [0, 0.05) is 121 Å². The average Bonchev–Trinajstić information content (AvgIpc) is 2.93. The van der Waals surface area contributed by atoms with Crippen LogP contribution in [0.25, 0.3) is 22.0 Å². The summed E-state index contributed by atoms with van der Waals surface area (Å²) < 4.78 is 5.52. The van der Waals surface area contributed by atoms with Crippen LogP contribution in [0.15, 0.2) is 72.8 Å². The number of allylic oxidation sites excluding steroid dienone is 3. The molecule has 3 aromatic carbocycles. The van der Waals surface area contributed by atoms with Crippen LogP contribution in [-0.4, -0.2) is 28.3 Å². The number of aryl methyl sites for hydroxylation is 1. The third-order valence-electron chi connectivity index (χ3n) is 8.10. The number of aromatic hydroxyl groups is 1. The second-order valence-corrected chi connectivity index (χ2v) is 14.0. The third kappa shape index (κ3) is 12.2. The van der Waals surface area contributed by atoms with Crippen molar-refractivity contribution in [2.75, 3.05) is 17.2 Å². The molecule has 0 unspecified atom stereocenters. The second-order valence-electron chi connectivity index (χ2n) is 14.0.